The molecule has 0 bridgehead atoms. The molecule has 1 atom stereocenters. The molecule has 84 valence electrons. The van der Waals surface area contributed by atoms with Crippen molar-refractivity contribution in [3.8, 4) is 0 Å². The van der Waals surface area contributed by atoms with Crippen molar-refractivity contribution < 1.29 is 4.74 Å². The van der Waals surface area contributed by atoms with Crippen LogP contribution in [0, 0.1) is 0 Å². The molecule has 0 saturated carbocycles. The fourth-order valence-corrected chi connectivity index (χ4v) is 2.06. The van der Waals surface area contributed by atoms with Crippen LogP contribution in [0.5, 0.6) is 0 Å². The number of likely N-dealkylation sites (N-methyl/N-ethyl adjacent to an activating group) is 1. The summed E-state index contributed by atoms with van der Waals surface area (Å²) < 4.78 is 6.36. The second-order valence-electron chi connectivity index (χ2n) is 3.51. The molecule has 0 spiro atoms. The van der Waals surface area contributed by atoms with Crippen LogP contribution in [0.3, 0.4) is 0 Å². The van der Waals surface area contributed by atoms with Gasteiger partial charge in [-0.25, -0.2) is 0 Å². The van der Waals surface area contributed by atoms with Crippen LogP contribution < -0.4 is 5.32 Å². The average molecular weight is 272 g/mol. The SMILES string of the molecule is CCNC(COC)Cc1ccccc1Br. The van der Waals surface area contributed by atoms with Crippen molar-refractivity contribution in [3.63, 3.8) is 0 Å². The van der Waals surface area contributed by atoms with Crippen LogP contribution in [-0.2, 0) is 11.2 Å². The third kappa shape index (κ3) is 4.33. The summed E-state index contributed by atoms with van der Waals surface area (Å²) in [5, 5.41) is 3.41. The topological polar surface area (TPSA) is 21.3 Å². The van der Waals surface area contributed by atoms with Gasteiger partial charge in [-0.3, -0.25) is 0 Å². The van der Waals surface area contributed by atoms with Crippen molar-refractivity contribution in [1.29, 1.82) is 0 Å². The van der Waals surface area contributed by atoms with E-state index >= 15 is 0 Å². The normalized spacial score (nSPS) is 12.7. The van der Waals surface area contributed by atoms with E-state index < -0.39 is 0 Å². The zero-order chi connectivity index (χ0) is 11.1. The Balaban J connectivity index is 2.60. The number of benzene rings is 1. The minimum Gasteiger partial charge on any atom is -0.383 e. The van der Waals surface area contributed by atoms with E-state index in [9.17, 15) is 0 Å². The standard InChI is InChI=1S/C12H18BrNO/c1-3-14-11(9-15-2)8-10-6-4-5-7-12(10)13/h4-7,11,14H,3,8-9H2,1-2H3. The second kappa shape index (κ2) is 6.99. The van der Waals surface area contributed by atoms with E-state index in [4.69, 9.17) is 4.74 Å². The molecule has 1 aromatic rings. The molecule has 0 saturated heterocycles. The van der Waals surface area contributed by atoms with Crippen LogP contribution in [0.15, 0.2) is 28.7 Å². The van der Waals surface area contributed by atoms with Crippen LogP contribution in [0.2, 0.25) is 0 Å². The van der Waals surface area contributed by atoms with Crippen LogP contribution in [0.1, 0.15) is 12.5 Å². The molecule has 1 aromatic carbocycles. The van der Waals surface area contributed by atoms with Gasteiger partial charge in [0.2, 0.25) is 0 Å². The van der Waals surface area contributed by atoms with Gasteiger partial charge in [-0.1, -0.05) is 41.1 Å². The van der Waals surface area contributed by atoms with Crippen molar-refractivity contribution in [2.75, 3.05) is 20.3 Å². The first kappa shape index (κ1) is 12.7. The molecule has 0 fully saturated rings. The number of hydrogen-bond donors (Lipinski definition) is 1. The lowest BCUT2D eigenvalue weighted by Crippen LogP contribution is -2.35. The van der Waals surface area contributed by atoms with E-state index in [1.807, 2.05) is 6.07 Å². The molecule has 15 heavy (non-hydrogen) atoms. The number of rotatable bonds is 6. The van der Waals surface area contributed by atoms with E-state index in [1.54, 1.807) is 7.11 Å². The van der Waals surface area contributed by atoms with Crippen molar-refractivity contribution in [2.45, 2.75) is 19.4 Å². The summed E-state index contributed by atoms with van der Waals surface area (Å²) >= 11 is 3.56. The molecule has 1 unspecified atom stereocenters. The number of hydrogen-bond acceptors (Lipinski definition) is 2. The average Bonchev–Trinajstić information content (AvgIpc) is 2.22. The second-order valence-corrected chi connectivity index (χ2v) is 4.36. The van der Waals surface area contributed by atoms with E-state index in [0.717, 1.165) is 19.6 Å². The Bertz CT molecular complexity index is 285. The van der Waals surface area contributed by atoms with Gasteiger partial charge in [-0.05, 0) is 24.6 Å². The van der Waals surface area contributed by atoms with Gasteiger partial charge in [0.1, 0.15) is 0 Å². The quantitative estimate of drug-likeness (QED) is 0.859. The lowest BCUT2D eigenvalue weighted by molar-refractivity contribution is 0.167. The molecule has 3 heteroatoms. The molecular formula is C12H18BrNO. The van der Waals surface area contributed by atoms with E-state index in [1.165, 1.54) is 10.0 Å². The predicted octanol–water partition coefficient (Wildman–Crippen LogP) is 2.62. The molecule has 0 aromatic heterocycles. The molecular weight excluding hydrogens is 254 g/mol. The summed E-state index contributed by atoms with van der Waals surface area (Å²) in [5.41, 5.74) is 1.32. The molecule has 0 aliphatic carbocycles. The maximum atomic E-state index is 5.19. The van der Waals surface area contributed by atoms with Crippen molar-refractivity contribution in [3.05, 3.63) is 34.3 Å². The maximum absolute atomic E-state index is 5.19. The van der Waals surface area contributed by atoms with Crippen molar-refractivity contribution >= 4 is 15.9 Å². The van der Waals surface area contributed by atoms with Crippen LogP contribution in [-0.4, -0.2) is 26.3 Å². The zero-order valence-electron chi connectivity index (χ0n) is 9.29. The lowest BCUT2D eigenvalue weighted by atomic mass is 10.1. The van der Waals surface area contributed by atoms with Crippen molar-refractivity contribution in [2.24, 2.45) is 0 Å². The van der Waals surface area contributed by atoms with Gasteiger partial charge in [0.25, 0.3) is 0 Å². The minimum atomic E-state index is 0.388. The van der Waals surface area contributed by atoms with Gasteiger partial charge in [-0.2, -0.15) is 0 Å². The summed E-state index contributed by atoms with van der Waals surface area (Å²) in [6, 6.07) is 8.70. The highest BCUT2D eigenvalue weighted by Gasteiger charge is 2.09. The lowest BCUT2D eigenvalue weighted by Gasteiger charge is -2.17. The minimum absolute atomic E-state index is 0.388. The molecule has 0 heterocycles. The predicted molar refractivity (Wildman–Crippen MR) is 67.2 cm³/mol. The van der Waals surface area contributed by atoms with Gasteiger partial charge in [0.05, 0.1) is 6.61 Å². The maximum Gasteiger partial charge on any atom is 0.0619 e. The fraction of sp³-hybridized carbons (Fsp3) is 0.500. The number of ether oxygens (including phenoxy) is 1. The Labute approximate surface area is 100 Å². The summed E-state index contributed by atoms with van der Waals surface area (Å²) in [4.78, 5) is 0. The molecule has 0 aliphatic rings. The summed E-state index contributed by atoms with van der Waals surface area (Å²) in [5.74, 6) is 0. The van der Waals surface area contributed by atoms with Crippen LogP contribution in [0.25, 0.3) is 0 Å². The Morgan fingerprint density at radius 2 is 2.13 bits per heavy atom. The van der Waals surface area contributed by atoms with E-state index in [2.05, 4.69) is 46.4 Å². The summed E-state index contributed by atoms with van der Waals surface area (Å²) in [7, 11) is 1.74. The van der Waals surface area contributed by atoms with Gasteiger partial charge < -0.3 is 10.1 Å². The molecule has 0 amide bonds. The fourth-order valence-electron chi connectivity index (χ4n) is 1.61. The molecule has 1 rings (SSSR count). The highest BCUT2D eigenvalue weighted by atomic mass is 79.9. The van der Waals surface area contributed by atoms with Crippen molar-refractivity contribution in [1.82, 2.24) is 5.32 Å². The third-order valence-electron chi connectivity index (χ3n) is 2.28. The van der Waals surface area contributed by atoms with Gasteiger partial charge in [-0.15, -0.1) is 0 Å². The highest BCUT2D eigenvalue weighted by molar-refractivity contribution is 9.10. The number of methoxy groups -OCH3 is 1. The Morgan fingerprint density at radius 3 is 2.73 bits per heavy atom. The highest BCUT2D eigenvalue weighted by Crippen LogP contribution is 2.17. The third-order valence-corrected chi connectivity index (χ3v) is 3.06. The Hall–Kier alpha value is -0.380. The van der Waals surface area contributed by atoms with Crippen LogP contribution in [0.4, 0.5) is 0 Å². The monoisotopic (exact) mass is 271 g/mol. The summed E-state index contributed by atoms with van der Waals surface area (Å²) in [6.07, 6.45) is 0.989. The first-order valence-corrected chi connectivity index (χ1v) is 6.03. The first-order chi connectivity index (χ1) is 7.27. The molecule has 0 radical (unpaired) electrons. The van der Waals surface area contributed by atoms with E-state index in [-0.39, 0.29) is 0 Å². The van der Waals surface area contributed by atoms with Crippen LogP contribution >= 0.6 is 15.9 Å². The van der Waals surface area contributed by atoms with Gasteiger partial charge >= 0.3 is 0 Å². The zero-order valence-corrected chi connectivity index (χ0v) is 10.9. The Kier molecular flexibility index (Phi) is 5.91. The molecule has 1 N–H and O–H groups in total. The Morgan fingerprint density at radius 1 is 1.40 bits per heavy atom. The summed E-state index contributed by atoms with van der Waals surface area (Å²) in [6.45, 7) is 3.83. The van der Waals surface area contributed by atoms with Gasteiger partial charge in [0.15, 0.2) is 0 Å². The number of halogens is 1. The molecule has 2 nitrogen and oxygen atoms in total. The smallest absolute Gasteiger partial charge is 0.0619 e. The largest absolute Gasteiger partial charge is 0.383 e. The molecule has 0 aliphatic heterocycles. The van der Waals surface area contributed by atoms with Gasteiger partial charge in [0, 0.05) is 17.6 Å². The first-order valence-electron chi connectivity index (χ1n) is 5.23. The van der Waals surface area contributed by atoms with E-state index in [0.29, 0.717) is 6.04 Å². The number of nitrogens with one attached hydrogen (secondary N) is 1.